The van der Waals surface area contributed by atoms with Crippen molar-refractivity contribution in [3.8, 4) is 5.75 Å². The largest absolute Gasteiger partial charge is 0.495 e. The number of carbonyl (C=O) groups is 1. The minimum atomic E-state index is -0.203. The van der Waals surface area contributed by atoms with E-state index in [1.54, 1.807) is 7.11 Å². The second-order valence-electron chi connectivity index (χ2n) is 6.58. The summed E-state index contributed by atoms with van der Waals surface area (Å²) in [4.78, 5) is 21.6. The Morgan fingerprint density at radius 1 is 1.19 bits per heavy atom. The van der Waals surface area contributed by atoms with E-state index in [9.17, 15) is 4.79 Å². The number of piperazine rings is 1. The number of nitrogens with zero attached hydrogens (tertiary/aromatic N) is 3. The van der Waals surface area contributed by atoms with Crippen LogP contribution in [0.25, 0.3) is 0 Å². The van der Waals surface area contributed by atoms with Crippen molar-refractivity contribution >= 4 is 17.4 Å². The minimum Gasteiger partial charge on any atom is -0.495 e. The lowest BCUT2D eigenvalue weighted by atomic mass is 10.1. The van der Waals surface area contributed by atoms with Crippen molar-refractivity contribution in [3.05, 3.63) is 48.2 Å². The first-order valence-electron chi connectivity index (χ1n) is 8.94. The lowest BCUT2D eigenvalue weighted by Gasteiger charge is -2.38. The number of benzene rings is 1. The number of anilines is 2. The van der Waals surface area contributed by atoms with Gasteiger partial charge in [-0.05, 0) is 43.7 Å². The fourth-order valence-electron chi connectivity index (χ4n) is 3.20. The Labute approximate surface area is 154 Å². The number of methoxy groups -OCH3 is 1. The molecule has 0 saturated carbocycles. The Hall–Kier alpha value is -2.60. The molecular weight excluding hydrogens is 328 g/mol. The number of ether oxygens (including phenoxy) is 1. The molecule has 1 aliphatic heterocycles. The zero-order chi connectivity index (χ0) is 18.5. The summed E-state index contributed by atoms with van der Waals surface area (Å²) in [6, 6.07) is 11.5. The van der Waals surface area contributed by atoms with Crippen molar-refractivity contribution in [3.63, 3.8) is 0 Å². The van der Waals surface area contributed by atoms with E-state index in [1.165, 1.54) is 0 Å². The maximum absolute atomic E-state index is 12.7. The summed E-state index contributed by atoms with van der Waals surface area (Å²) in [6.45, 7) is 7.33. The lowest BCUT2D eigenvalue weighted by Crippen LogP contribution is -2.53. The predicted molar refractivity (Wildman–Crippen MR) is 104 cm³/mol. The molecule has 1 unspecified atom stereocenters. The van der Waals surface area contributed by atoms with Gasteiger partial charge < -0.3 is 15.0 Å². The molecule has 1 amide bonds. The first kappa shape index (κ1) is 18.2. The van der Waals surface area contributed by atoms with Crippen LogP contribution in [0.2, 0.25) is 0 Å². The Bertz CT molecular complexity index is 743. The highest BCUT2D eigenvalue weighted by Crippen LogP contribution is 2.25. The highest BCUT2D eigenvalue weighted by molar-refractivity contribution is 5.96. The smallest absolute Gasteiger partial charge is 0.241 e. The van der Waals surface area contributed by atoms with Gasteiger partial charge in [-0.3, -0.25) is 9.69 Å². The van der Waals surface area contributed by atoms with Crippen molar-refractivity contribution in [2.24, 2.45) is 0 Å². The standard InChI is InChI=1S/C20H26N4O2/c1-15-7-8-18(26-3)17(14-15)22-20(25)16(2)23-10-12-24(13-11-23)19-6-4-5-9-21-19/h4-9,14,16H,10-13H2,1-3H3,(H,22,25). The molecule has 0 aliphatic carbocycles. The number of amides is 1. The van der Waals surface area contributed by atoms with Crippen LogP contribution in [0.4, 0.5) is 11.5 Å². The Morgan fingerprint density at radius 2 is 1.96 bits per heavy atom. The third-order valence-corrected chi connectivity index (χ3v) is 4.83. The molecule has 138 valence electrons. The van der Waals surface area contributed by atoms with E-state index in [0.717, 1.165) is 43.2 Å². The molecule has 0 spiro atoms. The molecule has 6 nitrogen and oxygen atoms in total. The summed E-state index contributed by atoms with van der Waals surface area (Å²) in [5.74, 6) is 1.66. The monoisotopic (exact) mass is 354 g/mol. The molecule has 1 aliphatic rings. The van der Waals surface area contributed by atoms with Crippen molar-refractivity contribution in [1.29, 1.82) is 0 Å². The fraction of sp³-hybridized carbons (Fsp3) is 0.400. The summed E-state index contributed by atoms with van der Waals surface area (Å²) >= 11 is 0. The van der Waals surface area contributed by atoms with Gasteiger partial charge in [-0.2, -0.15) is 0 Å². The van der Waals surface area contributed by atoms with Gasteiger partial charge in [0.15, 0.2) is 0 Å². The number of carbonyl (C=O) groups excluding carboxylic acids is 1. The Balaban J connectivity index is 1.59. The van der Waals surface area contributed by atoms with Gasteiger partial charge in [0.05, 0.1) is 18.8 Å². The molecule has 1 fully saturated rings. The van der Waals surface area contributed by atoms with Gasteiger partial charge in [0, 0.05) is 32.4 Å². The van der Waals surface area contributed by atoms with Crippen LogP contribution in [0.3, 0.4) is 0 Å². The molecular formula is C20H26N4O2. The SMILES string of the molecule is COc1ccc(C)cc1NC(=O)C(C)N1CCN(c2ccccn2)CC1. The van der Waals surface area contributed by atoms with Gasteiger partial charge >= 0.3 is 0 Å². The van der Waals surface area contributed by atoms with Crippen molar-refractivity contribution in [2.45, 2.75) is 19.9 Å². The first-order valence-corrected chi connectivity index (χ1v) is 8.94. The van der Waals surface area contributed by atoms with Crippen LogP contribution in [0.15, 0.2) is 42.6 Å². The molecule has 3 rings (SSSR count). The molecule has 1 aromatic carbocycles. The normalized spacial score (nSPS) is 16.2. The molecule has 0 bridgehead atoms. The van der Waals surface area contributed by atoms with Gasteiger partial charge in [0.25, 0.3) is 0 Å². The fourth-order valence-corrected chi connectivity index (χ4v) is 3.20. The van der Waals surface area contributed by atoms with E-state index in [2.05, 4.69) is 20.1 Å². The molecule has 2 aromatic rings. The molecule has 2 heterocycles. The quantitative estimate of drug-likeness (QED) is 0.894. The molecule has 6 heteroatoms. The van der Waals surface area contributed by atoms with Crippen LogP contribution in [-0.2, 0) is 4.79 Å². The topological polar surface area (TPSA) is 57.7 Å². The van der Waals surface area contributed by atoms with Crippen LogP contribution in [-0.4, -0.2) is 55.1 Å². The lowest BCUT2D eigenvalue weighted by molar-refractivity contribution is -0.120. The van der Waals surface area contributed by atoms with E-state index in [1.807, 2.05) is 56.4 Å². The maximum atomic E-state index is 12.7. The number of hydrogen-bond donors (Lipinski definition) is 1. The number of rotatable bonds is 5. The first-order chi connectivity index (χ1) is 12.6. The van der Waals surface area contributed by atoms with Crippen LogP contribution < -0.4 is 15.0 Å². The highest BCUT2D eigenvalue weighted by atomic mass is 16.5. The van der Waals surface area contributed by atoms with Crippen molar-refractivity contribution in [1.82, 2.24) is 9.88 Å². The molecule has 1 N–H and O–H groups in total. The average molecular weight is 354 g/mol. The van der Waals surface area contributed by atoms with E-state index in [-0.39, 0.29) is 11.9 Å². The number of aryl methyl sites for hydroxylation is 1. The summed E-state index contributed by atoms with van der Waals surface area (Å²) in [5, 5.41) is 3.01. The van der Waals surface area contributed by atoms with Crippen LogP contribution in [0, 0.1) is 6.92 Å². The number of hydrogen-bond acceptors (Lipinski definition) is 5. The summed E-state index contributed by atoms with van der Waals surface area (Å²) in [7, 11) is 1.61. The predicted octanol–water partition coefficient (Wildman–Crippen LogP) is 2.55. The summed E-state index contributed by atoms with van der Waals surface area (Å²) < 4.78 is 5.35. The van der Waals surface area contributed by atoms with E-state index < -0.39 is 0 Å². The van der Waals surface area contributed by atoms with Gasteiger partial charge in [0.1, 0.15) is 11.6 Å². The zero-order valence-corrected chi connectivity index (χ0v) is 15.6. The molecule has 26 heavy (non-hydrogen) atoms. The third kappa shape index (κ3) is 4.14. The van der Waals surface area contributed by atoms with E-state index >= 15 is 0 Å². The van der Waals surface area contributed by atoms with E-state index in [4.69, 9.17) is 4.74 Å². The second kappa shape index (κ2) is 8.19. The Kier molecular flexibility index (Phi) is 5.73. The van der Waals surface area contributed by atoms with E-state index in [0.29, 0.717) is 5.75 Å². The van der Waals surface area contributed by atoms with Gasteiger partial charge in [-0.15, -0.1) is 0 Å². The molecule has 1 atom stereocenters. The van der Waals surface area contributed by atoms with Crippen LogP contribution in [0.5, 0.6) is 5.75 Å². The molecule has 1 saturated heterocycles. The zero-order valence-electron chi connectivity index (χ0n) is 15.6. The van der Waals surface area contributed by atoms with Crippen LogP contribution in [0.1, 0.15) is 12.5 Å². The molecule has 0 radical (unpaired) electrons. The number of nitrogens with one attached hydrogen (secondary N) is 1. The van der Waals surface area contributed by atoms with Crippen molar-refractivity contribution < 1.29 is 9.53 Å². The number of pyridine rings is 1. The Morgan fingerprint density at radius 3 is 2.62 bits per heavy atom. The minimum absolute atomic E-state index is 0.0137. The third-order valence-electron chi connectivity index (χ3n) is 4.83. The number of aromatic nitrogens is 1. The second-order valence-corrected chi connectivity index (χ2v) is 6.58. The van der Waals surface area contributed by atoms with Gasteiger partial charge in [0.2, 0.25) is 5.91 Å². The summed E-state index contributed by atoms with van der Waals surface area (Å²) in [5.41, 5.74) is 1.80. The maximum Gasteiger partial charge on any atom is 0.241 e. The van der Waals surface area contributed by atoms with Gasteiger partial charge in [-0.25, -0.2) is 4.98 Å². The molecule has 1 aromatic heterocycles. The highest BCUT2D eigenvalue weighted by Gasteiger charge is 2.26. The summed E-state index contributed by atoms with van der Waals surface area (Å²) in [6.07, 6.45) is 1.81. The van der Waals surface area contributed by atoms with Gasteiger partial charge in [-0.1, -0.05) is 12.1 Å². The van der Waals surface area contributed by atoms with Crippen LogP contribution >= 0.6 is 0 Å². The average Bonchev–Trinajstić information content (AvgIpc) is 2.68. The van der Waals surface area contributed by atoms with Crippen molar-refractivity contribution in [2.75, 3.05) is 43.5 Å².